The summed E-state index contributed by atoms with van der Waals surface area (Å²) in [6.07, 6.45) is 23.0. The maximum absolute atomic E-state index is 5.97. The fourth-order valence-electron chi connectivity index (χ4n) is 5.22. The van der Waals surface area contributed by atoms with Gasteiger partial charge in [0.15, 0.2) is 0 Å². The third-order valence-corrected chi connectivity index (χ3v) is 8.80. The van der Waals surface area contributed by atoms with Crippen LogP contribution in [0.1, 0.15) is 117 Å². The Morgan fingerprint density at radius 1 is 0.571 bits per heavy atom. The standard InChI is InChI=1S/C36H51N3O2S/c1-3-5-7-9-11-13-15-17-27-40-32-23-19-30(20-24-32)34-29-39-36(37-34)42-35(38-39)31-21-25-33(26-22-31)41-28-18-16-14-12-10-8-6-4-2/h19-26,29H,3-18,27-28H2,1-2H3. The summed E-state index contributed by atoms with van der Waals surface area (Å²) in [5.74, 6) is 1.85. The zero-order valence-electron chi connectivity index (χ0n) is 26.0. The third-order valence-electron chi connectivity index (χ3n) is 7.83. The Bertz CT molecular complexity index is 1140. The van der Waals surface area contributed by atoms with Crippen LogP contribution in [0.4, 0.5) is 0 Å². The Morgan fingerprint density at radius 3 is 1.50 bits per heavy atom. The van der Waals surface area contributed by atoms with E-state index in [1.807, 2.05) is 35.0 Å². The smallest absolute Gasteiger partial charge is 0.213 e. The highest BCUT2D eigenvalue weighted by molar-refractivity contribution is 7.19. The molecular formula is C36H51N3O2S. The van der Waals surface area contributed by atoms with Gasteiger partial charge < -0.3 is 9.47 Å². The molecule has 4 aromatic rings. The largest absolute Gasteiger partial charge is 0.494 e. The Kier molecular flexibility index (Phi) is 14.2. The normalized spacial score (nSPS) is 11.4. The average Bonchev–Trinajstić information content (AvgIpc) is 3.60. The Hall–Kier alpha value is -2.86. The number of nitrogens with zero attached hydrogens (tertiary/aromatic N) is 3. The molecule has 0 saturated heterocycles. The maximum Gasteiger partial charge on any atom is 0.213 e. The molecule has 4 rings (SSSR count). The van der Waals surface area contributed by atoms with Crippen molar-refractivity contribution in [1.29, 1.82) is 0 Å². The first kappa shape index (κ1) is 32.1. The molecule has 6 heteroatoms. The van der Waals surface area contributed by atoms with E-state index in [0.717, 1.165) is 64.3 Å². The predicted molar refractivity (Wildman–Crippen MR) is 178 cm³/mol. The minimum atomic E-state index is 0.785. The molecule has 0 aliphatic heterocycles. The highest BCUT2D eigenvalue weighted by Crippen LogP contribution is 2.30. The summed E-state index contributed by atoms with van der Waals surface area (Å²) < 4.78 is 13.8. The van der Waals surface area contributed by atoms with E-state index >= 15 is 0 Å². The molecule has 0 amide bonds. The number of hydrogen-bond acceptors (Lipinski definition) is 5. The van der Waals surface area contributed by atoms with Gasteiger partial charge in [-0.1, -0.05) is 115 Å². The molecule has 0 aliphatic rings. The SMILES string of the molecule is CCCCCCCCCCOc1ccc(-c2cn3nc(-c4ccc(OCCCCCCCCCC)cc4)sc3n2)cc1. The van der Waals surface area contributed by atoms with Crippen molar-refractivity contribution in [2.24, 2.45) is 0 Å². The van der Waals surface area contributed by atoms with Crippen molar-refractivity contribution in [3.8, 4) is 33.3 Å². The lowest BCUT2D eigenvalue weighted by molar-refractivity contribution is 0.304. The van der Waals surface area contributed by atoms with Gasteiger partial charge in [-0.2, -0.15) is 5.10 Å². The van der Waals surface area contributed by atoms with Gasteiger partial charge in [0.25, 0.3) is 0 Å². The van der Waals surface area contributed by atoms with Crippen LogP contribution in [0.15, 0.2) is 54.7 Å². The summed E-state index contributed by atoms with van der Waals surface area (Å²) in [6.45, 7) is 6.11. The number of aromatic nitrogens is 3. The fourth-order valence-corrected chi connectivity index (χ4v) is 6.11. The first-order valence-electron chi connectivity index (χ1n) is 16.6. The summed E-state index contributed by atoms with van der Waals surface area (Å²) in [5, 5.41) is 5.75. The number of imidazole rings is 1. The molecule has 42 heavy (non-hydrogen) atoms. The topological polar surface area (TPSA) is 48.7 Å². The first-order chi connectivity index (χ1) is 20.8. The number of hydrogen-bond donors (Lipinski definition) is 0. The monoisotopic (exact) mass is 589 g/mol. The molecule has 5 nitrogen and oxygen atoms in total. The Labute approximate surface area is 257 Å². The van der Waals surface area contributed by atoms with Gasteiger partial charge in [0.2, 0.25) is 4.96 Å². The molecular weight excluding hydrogens is 538 g/mol. The number of ether oxygens (including phenoxy) is 2. The van der Waals surface area contributed by atoms with E-state index in [1.54, 1.807) is 11.3 Å². The van der Waals surface area contributed by atoms with Crippen LogP contribution in [0.2, 0.25) is 0 Å². The minimum Gasteiger partial charge on any atom is -0.494 e. The van der Waals surface area contributed by atoms with Gasteiger partial charge in [0.1, 0.15) is 16.5 Å². The molecule has 0 saturated carbocycles. The van der Waals surface area contributed by atoms with Gasteiger partial charge in [0.05, 0.1) is 25.1 Å². The molecule has 0 unspecified atom stereocenters. The molecule has 228 valence electrons. The maximum atomic E-state index is 5.97. The van der Waals surface area contributed by atoms with E-state index in [4.69, 9.17) is 19.6 Å². The zero-order valence-corrected chi connectivity index (χ0v) is 26.8. The average molecular weight is 590 g/mol. The van der Waals surface area contributed by atoms with Crippen molar-refractivity contribution in [2.45, 2.75) is 117 Å². The number of rotatable bonds is 22. The van der Waals surface area contributed by atoms with Crippen LogP contribution in [-0.2, 0) is 0 Å². The van der Waals surface area contributed by atoms with Gasteiger partial charge in [-0.3, -0.25) is 0 Å². The zero-order chi connectivity index (χ0) is 29.2. The fraction of sp³-hybridized carbons (Fsp3) is 0.556. The summed E-state index contributed by atoms with van der Waals surface area (Å²) in [7, 11) is 0. The van der Waals surface area contributed by atoms with Crippen molar-refractivity contribution in [3.63, 3.8) is 0 Å². The Balaban J connectivity index is 1.17. The molecule has 2 heterocycles. The van der Waals surface area contributed by atoms with Crippen molar-refractivity contribution >= 4 is 16.3 Å². The van der Waals surface area contributed by atoms with Crippen LogP contribution in [0, 0.1) is 0 Å². The second kappa shape index (κ2) is 18.6. The lowest BCUT2D eigenvalue weighted by Crippen LogP contribution is -1.97. The summed E-state index contributed by atoms with van der Waals surface area (Å²) in [5.41, 5.74) is 3.09. The number of fused-ring (bicyclic) bond motifs is 1. The quantitative estimate of drug-likeness (QED) is 0.0856. The van der Waals surface area contributed by atoms with E-state index in [1.165, 1.54) is 89.9 Å². The summed E-state index contributed by atoms with van der Waals surface area (Å²) in [6, 6.07) is 16.5. The van der Waals surface area contributed by atoms with E-state index in [9.17, 15) is 0 Å². The van der Waals surface area contributed by atoms with Crippen molar-refractivity contribution in [1.82, 2.24) is 14.6 Å². The van der Waals surface area contributed by atoms with Crippen LogP contribution in [0.3, 0.4) is 0 Å². The number of benzene rings is 2. The van der Waals surface area contributed by atoms with Crippen LogP contribution < -0.4 is 9.47 Å². The van der Waals surface area contributed by atoms with Gasteiger partial charge in [-0.15, -0.1) is 0 Å². The highest BCUT2D eigenvalue weighted by Gasteiger charge is 2.12. The lowest BCUT2D eigenvalue weighted by Gasteiger charge is -2.07. The summed E-state index contributed by atoms with van der Waals surface area (Å²) >= 11 is 1.61. The number of unbranched alkanes of at least 4 members (excludes halogenated alkanes) is 14. The van der Waals surface area contributed by atoms with Crippen LogP contribution in [-0.4, -0.2) is 27.8 Å². The van der Waals surface area contributed by atoms with E-state index in [0.29, 0.717) is 0 Å². The van der Waals surface area contributed by atoms with Gasteiger partial charge >= 0.3 is 0 Å². The molecule has 0 spiro atoms. The van der Waals surface area contributed by atoms with Crippen LogP contribution in [0.5, 0.6) is 11.5 Å². The molecule has 0 N–H and O–H groups in total. The van der Waals surface area contributed by atoms with Crippen LogP contribution in [0.25, 0.3) is 26.8 Å². The Morgan fingerprint density at radius 2 is 1.02 bits per heavy atom. The lowest BCUT2D eigenvalue weighted by atomic mass is 10.1. The van der Waals surface area contributed by atoms with Crippen LogP contribution >= 0.6 is 11.3 Å². The van der Waals surface area contributed by atoms with Crippen molar-refractivity contribution in [3.05, 3.63) is 54.7 Å². The molecule has 0 aliphatic carbocycles. The predicted octanol–water partition coefficient (Wildman–Crippen LogP) is 11.2. The second-order valence-corrected chi connectivity index (χ2v) is 12.4. The second-order valence-electron chi connectivity index (χ2n) is 11.5. The minimum absolute atomic E-state index is 0.785. The van der Waals surface area contributed by atoms with Gasteiger partial charge in [-0.25, -0.2) is 9.50 Å². The van der Waals surface area contributed by atoms with Crippen molar-refractivity contribution in [2.75, 3.05) is 13.2 Å². The summed E-state index contributed by atoms with van der Waals surface area (Å²) in [4.78, 5) is 5.73. The third kappa shape index (κ3) is 10.8. The molecule has 0 atom stereocenters. The molecule has 2 aromatic heterocycles. The van der Waals surface area contributed by atoms with Gasteiger partial charge in [-0.05, 0) is 61.4 Å². The molecule has 0 bridgehead atoms. The first-order valence-corrected chi connectivity index (χ1v) is 17.4. The van der Waals surface area contributed by atoms with E-state index in [2.05, 4.69) is 38.1 Å². The molecule has 0 fully saturated rings. The highest BCUT2D eigenvalue weighted by atomic mass is 32.1. The van der Waals surface area contributed by atoms with Crippen molar-refractivity contribution < 1.29 is 9.47 Å². The van der Waals surface area contributed by atoms with Gasteiger partial charge in [0, 0.05) is 11.1 Å². The van der Waals surface area contributed by atoms with E-state index in [-0.39, 0.29) is 0 Å². The molecule has 0 radical (unpaired) electrons. The molecule has 2 aromatic carbocycles. The van der Waals surface area contributed by atoms with E-state index < -0.39 is 0 Å².